The highest BCUT2D eigenvalue weighted by atomic mass is 19.4. The smallest absolute Gasteiger partial charge is 0.416 e. The lowest BCUT2D eigenvalue weighted by Crippen LogP contribution is -2.51. The van der Waals surface area contributed by atoms with Crippen LogP contribution in [0.2, 0.25) is 0 Å². The van der Waals surface area contributed by atoms with Gasteiger partial charge in [-0.25, -0.2) is 9.18 Å². The van der Waals surface area contributed by atoms with Gasteiger partial charge >= 0.3 is 12.1 Å². The van der Waals surface area contributed by atoms with Crippen molar-refractivity contribution in [3.8, 4) is 16.9 Å². The number of carboxylic acid groups (broad SMARTS) is 1. The third-order valence-corrected chi connectivity index (χ3v) is 9.78. The van der Waals surface area contributed by atoms with Crippen LogP contribution >= 0.6 is 0 Å². The normalized spacial score (nSPS) is 16.7. The number of rotatable bonds is 11. The van der Waals surface area contributed by atoms with Crippen LogP contribution in [-0.4, -0.2) is 40.4 Å². The molecule has 1 saturated carbocycles. The molecule has 0 spiro atoms. The number of nitrogens with zero attached hydrogens (tertiary/aromatic N) is 1. The van der Waals surface area contributed by atoms with E-state index in [2.05, 4.69) is 5.32 Å². The molecule has 1 heterocycles. The van der Waals surface area contributed by atoms with E-state index in [-0.39, 0.29) is 37.0 Å². The van der Waals surface area contributed by atoms with Crippen LogP contribution in [0.15, 0.2) is 91.0 Å². The zero-order valence-electron chi connectivity index (χ0n) is 27.8. The molecular formula is C40H38F4N2O5. The molecule has 0 radical (unpaired) electrons. The molecule has 7 nitrogen and oxygen atoms in total. The summed E-state index contributed by atoms with van der Waals surface area (Å²) in [6.45, 7) is -0.509. The molecule has 6 rings (SSSR count). The summed E-state index contributed by atoms with van der Waals surface area (Å²) in [5.74, 6) is -3.00. The molecule has 0 saturated heterocycles. The van der Waals surface area contributed by atoms with E-state index in [0.717, 1.165) is 55.0 Å². The quantitative estimate of drug-likeness (QED) is 0.155. The number of halogens is 4. The van der Waals surface area contributed by atoms with Crippen molar-refractivity contribution in [3.63, 3.8) is 0 Å². The summed E-state index contributed by atoms with van der Waals surface area (Å²) in [4.78, 5) is 41.9. The van der Waals surface area contributed by atoms with E-state index in [1.807, 2.05) is 42.5 Å². The minimum absolute atomic E-state index is 0.0148. The fourth-order valence-electron chi connectivity index (χ4n) is 7.09. The second-order valence-electron chi connectivity index (χ2n) is 13.2. The third kappa shape index (κ3) is 8.41. The van der Waals surface area contributed by atoms with Crippen LogP contribution < -0.4 is 10.1 Å². The molecule has 4 aromatic carbocycles. The second-order valence-corrected chi connectivity index (χ2v) is 13.2. The van der Waals surface area contributed by atoms with Gasteiger partial charge in [-0.05, 0) is 77.3 Å². The van der Waals surface area contributed by atoms with Crippen molar-refractivity contribution < 1.29 is 41.8 Å². The van der Waals surface area contributed by atoms with Gasteiger partial charge in [0.25, 0.3) is 0 Å². The van der Waals surface area contributed by atoms with Crippen LogP contribution in [0.4, 0.5) is 17.6 Å². The Morgan fingerprint density at radius 1 is 0.902 bits per heavy atom. The van der Waals surface area contributed by atoms with E-state index in [1.165, 1.54) is 17.0 Å². The molecular weight excluding hydrogens is 664 g/mol. The van der Waals surface area contributed by atoms with E-state index in [4.69, 9.17) is 4.74 Å². The summed E-state index contributed by atoms with van der Waals surface area (Å²) < 4.78 is 61.1. The highest BCUT2D eigenvalue weighted by Crippen LogP contribution is 2.37. The molecule has 2 aliphatic rings. The Kier molecular flexibility index (Phi) is 10.7. The van der Waals surface area contributed by atoms with Gasteiger partial charge in [-0.3, -0.25) is 9.59 Å². The zero-order chi connectivity index (χ0) is 36.1. The summed E-state index contributed by atoms with van der Waals surface area (Å²) >= 11 is 0. The van der Waals surface area contributed by atoms with Crippen molar-refractivity contribution in [2.45, 2.75) is 69.8 Å². The van der Waals surface area contributed by atoms with Crippen LogP contribution in [0.1, 0.15) is 66.0 Å². The first-order valence-corrected chi connectivity index (χ1v) is 17.0. The Morgan fingerprint density at radius 3 is 2.29 bits per heavy atom. The Morgan fingerprint density at radius 2 is 1.61 bits per heavy atom. The number of ether oxygens (including phenoxy) is 1. The Bertz CT molecular complexity index is 1870. The minimum Gasteiger partial charge on any atom is -0.489 e. The number of amides is 2. The molecule has 266 valence electrons. The first-order valence-electron chi connectivity index (χ1n) is 17.0. The molecule has 2 atom stereocenters. The maximum absolute atomic E-state index is 14.5. The Hall–Kier alpha value is -5.19. The summed E-state index contributed by atoms with van der Waals surface area (Å²) in [5, 5.41) is 12.8. The SMILES string of the molecule is O=C(N[C@@H](Cc1ccc(-c2ccccc2)cc1)C(=O)O)C1c2cc(OCc3c(F)cccc3C(F)(F)F)ccc2CCN1C(=O)CC1CCCC1. The Labute approximate surface area is 293 Å². The lowest BCUT2D eigenvalue weighted by atomic mass is 9.90. The van der Waals surface area contributed by atoms with E-state index in [0.29, 0.717) is 23.1 Å². The molecule has 4 aromatic rings. The number of benzene rings is 4. The van der Waals surface area contributed by atoms with Crippen molar-refractivity contribution >= 4 is 17.8 Å². The zero-order valence-corrected chi connectivity index (χ0v) is 27.8. The monoisotopic (exact) mass is 702 g/mol. The molecule has 0 bridgehead atoms. The number of carbonyl (C=O) groups excluding carboxylic acids is 2. The number of aliphatic carboxylic acids is 1. The van der Waals surface area contributed by atoms with Crippen molar-refractivity contribution in [2.24, 2.45) is 5.92 Å². The highest BCUT2D eigenvalue weighted by molar-refractivity contribution is 5.92. The van der Waals surface area contributed by atoms with Crippen LogP contribution in [0.5, 0.6) is 5.75 Å². The van der Waals surface area contributed by atoms with E-state index < -0.39 is 53.7 Å². The number of alkyl halides is 3. The van der Waals surface area contributed by atoms with Crippen molar-refractivity contribution in [1.29, 1.82) is 0 Å². The Balaban J connectivity index is 1.26. The molecule has 1 fully saturated rings. The third-order valence-electron chi connectivity index (χ3n) is 9.78. The summed E-state index contributed by atoms with van der Waals surface area (Å²) in [5.41, 5.74) is 1.90. The molecule has 1 aliphatic heterocycles. The minimum atomic E-state index is -4.80. The van der Waals surface area contributed by atoms with E-state index in [9.17, 15) is 37.1 Å². The lowest BCUT2D eigenvalue weighted by molar-refractivity contribution is -0.145. The van der Waals surface area contributed by atoms with Crippen molar-refractivity contribution in [2.75, 3.05) is 6.54 Å². The predicted molar refractivity (Wildman–Crippen MR) is 182 cm³/mol. The molecule has 0 aromatic heterocycles. The molecule has 1 aliphatic carbocycles. The standard InChI is InChI=1S/C40H38F4N2O5/c41-34-12-6-11-33(40(42,43)44)32(34)24-51-30-18-17-29-19-20-46(36(47)22-25-7-4-5-8-25)37(31(29)23-30)38(48)45-35(39(49)50)21-26-13-15-28(16-14-26)27-9-2-1-3-10-27/h1-3,6,9-18,23,25,35,37H,4-5,7-8,19-22,24H2,(H,45,48)(H,49,50)/t35-,37?/m0/s1. The van der Waals surface area contributed by atoms with Gasteiger partial charge in [-0.15, -0.1) is 0 Å². The molecule has 11 heteroatoms. The average molecular weight is 703 g/mol. The maximum atomic E-state index is 14.5. The summed E-state index contributed by atoms with van der Waals surface area (Å²) in [6, 6.07) is 21.9. The van der Waals surface area contributed by atoms with Gasteiger partial charge < -0.3 is 20.1 Å². The van der Waals surface area contributed by atoms with Gasteiger partial charge in [0.2, 0.25) is 11.8 Å². The van der Waals surface area contributed by atoms with Gasteiger partial charge in [0, 0.05) is 24.9 Å². The number of hydrogen-bond acceptors (Lipinski definition) is 4. The lowest BCUT2D eigenvalue weighted by Gasteiger charge is -2.37. The summed E-state index contributed by atoms with van der Waals surface area (Å²) in [6.07, 6.45) is -0.303. The first-order chi connectivity index (χ1) is 24.5. The van der Waals surface area contributed by atoms with E-state index >= 15 is 0 Å². The number of carboxylic acids is 1. The van der Waals surface area contributed by atoms with Crippen LogP contribution in [0, 0.1) is 11.7 Å². The fourth-order valence-corrected chi connectivity index (χ4v) is 7.09. The summed E-state index contributed by atoms with van der Waals surface area (Å²) in [7, 11) is 0. The van der Waals surface area contributed by atoms with Gasteiger partial charge in [0.1, 0.15) is 30.3 Å². The second kappa shape index (κ2) is 15.4. The fraction of sp³-hybridized carbons (Fsp3) is 0.325. The molecule has 2 amide bonds. The van der Waals surface area contributed by atoms with Crippen molar-refractivity contribution in [3.05, 3.63) is 125 Å². The van der Waals surface area contributed by atoms with Gasteiger partial charge in [0.05, 0.1) is 5.56 Å². The van der Waals surface area contributed by atoms with Gasteiger partial charge in [-0.1, -0.05) is 79.6 Å². The van der Waals surface area contributed by atoms with Crippen LogP contribution in [-0.2, 0) is 40.0 Å². The number of nitrogens with one attached hydrogen (secondary N) is 1. The molecule has 51 heavy (non-hydrogen) atoms. The highest BCUT2D eigenvalue weighted by Gasteiger charge is 2.39. The number of hydrogen-bond donors (Lipinski definition) is 2. The predicted octanol–water partition coefficient (Wildman–Crippen LogP) is 7.91. The van der Waals surface area contributed by atoms with E-state index in [1.54, 1.807) is 18.2 Å². The van der Waals surface area contributed by atoms with Gasteiger partial charge in [-0.2, -0.15) is 13.2 Å². The van der Waals surface area contributed by atoms with Crippen molar-refractivity contribution in [1.82, 2.24) is 10.2 Å². The topological polar surface area (TPSA) is 95.9 Å². The van der Waals surface area contributed by atoms with Crippen LogP contribution in [0.3, 0.4) is 0 Å². The number of fused-ring (bicyclic) bond motifs is 1. The molecule has 2 N–H and O–H groups in total. The molecule has 1 unspecified atom stereocenters. The maximum Gasteiger partial charge on any atom is 0.416 e. The van der Waals surface area contributed by atoms with Gasteiger partial charge in [0.15, 0.2) is 0 Å². The largest absolute Gasteiger partial charge is 0.489 e. The number of carbonyl (C=O) groups is 3. The first kappa shape index (κ1) is 35.6. The average Bonchev–Trinajstić information content (AvgIpc) is 3.63. The van der Waals surface area contributed by atoms with Crippen LogP contribution in [0.25, 0.3) is 11.1 Å².